The highest BCUT2D eigenvalue weighted by Crippen LogP contribution is 2.19. The number of aromatic amines is 1. The number of rotatable bonds is 13. The maximum atomic E-state index is 13.1. The molecular formula is C23H36N8O3. The SMILES string of the molecule is CC(C)C[C@H](NC(=O)[C@@H](N)CCCN=C(N)N)C(=O)N[C@@H](Cc1c[nH]c2ccccc12)C(N)=O. The third-order valence-electron chi connectivity index (χ3n) is 5.40. The molecule has 34 heavy (non-hydrogen) atoms. The molecule has 11 heteroatoms. The molecule has 2 rings (SSSR count). The monoisotopic (exact) mass is 472 g/mol. The van der Waals surface area contributed by atoms with Gasteiger partial charge in [-0.2, -0.15) is 0 Å². The maximum absolute atomic E-state index is 13.1. The molecule has 0 aliphatic carbocycles. The number of nitrogens with two attached hydrogens (primary N) is 4. The number of para-hydroxylation sites is 1. The van der Waals surface area contributed by atoms with Crippen molar-refractivity contribution in [2.24, 2.45) is 33.8 Å². The number of hydrogen-bond donors (Lipinski definition) is 7. The topological polar surface area (TPSA) is 208 Å². The minimum Gasteiger partial charge on any atom is -0.370 e. The van der Waals surface area contributed by atoms with Crippen molar-refractivity contribution >= 4 is 34.6 Å². The molecule has 0 bridgehead atoms. The van der Waals surface area contributed by atoms with Gasteiger partial charge in [0, 0.05) is 30.1 Å². The summed E-state index contributed by atoms with van der Waals surface area (Å²) < 4.78 is 0. The van der Waals surface area contributed by atoms with Crippen molar-refractivity contribution in [3.8, 4) is 0 Å². The Morgan fingerprint density at radius 1 is 1.03 bits per heavy atom. The van der Waals surface area contributed by atoms with Gasteiger partial charge in [-0.3, -0.25) is 19.4 Å². The largest absolute Gasteiger partial charge is 0.370 e. The van der Waals surface area contributed by atoms with E-state index in [4.69, 9.17) is 22.9 Å². The zero-order chi connectivity index (χ0) is 25.3. The molecule has 186 valence electrons. The molecule has 1 aromatic carbocycles. The quantitative estimate of drug-likeness (QED) is 0.117. The highest BCUT2D eigenvalue weighted by Gasteiger charge is 2.28. The second-order valence-corrected chi connectivity index (χ2v) is 8.77. The average Bonchev–Trinajstić information content (AvgIpc) is 3.17. The van der Waals surface area contributed by atoms with Gasteiger partial charge in [0.25, 0.3) is 0 Å². The summed E-state index contributed by atoms with van der Waals surface area (Å²) in [7, 11) is 0. The Morgan fingerprint density at radius 2 is 1.71 bits per heavy atom. The number of carbonyl (C=O) groups is 3. The number of H-pyrrole nitrogens is 1. The zero-order valence-corrected chi connectivity index (χ0v) is 19.7. The minimum absolute atomic E-state index is 0.0247. The summed E-state index contributed by atoms with van der Waals surface area (Å²) in [5.74, 6) is -1.53. The number of nitrogens with one attached hydrogen (secondary N) is 3. The molecule has 11 nitrogen and oxygen atoms in total. The first-order valence-electron chi connectivity index (χ1n) is 11.3. The Kier molecular flexibility index (Phi) is 9.87. The first-order valence-corrected chi connectivity index (χ1v) is 11.3. The Labute approximate surface area is 199 Å². The van der Waals surface area contributed by atoms with Crippen LogP contribution in [0, 0.1) is 5.92 Å². The number of aliphatic imine (C=N–C) groups is 1. The summed E-state index contributed by atoms with van der Waals surface area (Å²) >= 11 is 0. The van der Waals surface area contributed by atoms with Crippen molar-refractivity contribution in [1.82, 2.24) is 15.6 Å². The summed E-state index contributed by atoms with van der Waals surface area (Å²) in [4.78, 5) is 44.8. The van der Waals surface area contributed by atoms with Crippen molar-refractivity contribution in [2.75, 3.05) is 6.54 Å². The Morgan fingerprint density at radius 3 is 2.35 bits per heavy atom. The number of nitrogens with zero attached hydrogens (tertiary/aromatic N) is 1. The number of benzene rings is 1. The average molecular weight is 473 g/mol. The van der Waals surface area contributed by atoms with Gasteiger partial charge in [-0.1, -0.05) is 32.0 Å². The predicted octanol–water partition coefficient (Wildman–Crippen LogP) is -0.408. The van der Waals surface area contributed by atoms with Crippen molar-refractivity contribution in [3.63, 3.8) is 0 Å². The van der Waals surface area contributed by atoms with E-state index in [1.54, 1.807) is 6.20 Å². The van der Waals surface area contributed by atoms with Crippen LogP contribution in [0.25, 0.3) is 10.9 Å². The molecule has 0 radical (unpaired) electrons. The number of amides is 3. The number of primary amides is 1. The van der Waals surface area contributed by atoms with Crippen LogP contribution in [0.4, 0.5) is 0 Å². The zero-order valence-electron chi connectivity index (χ0n) is 19.7. The molecular weight excluding hydrogens is 436 g/mol. The molecule has 0 unspecified atom stereocenters. The third kappa shape index (κ3) is 8.07. The van der Waals surface area contributed by atoms with Crippen LogP contribution in [-0.4, -0.2) is 53.3 Å². The van der Waals surface area contributed by atoms with Gasteiger partial charge >= 0.3 is 0 Å². The minimum atomic E-state index is -0.938. The lowest BCUT2D eigenvalue weighted by atomic mass is 10.0. The Balaban J connectivity index is 2.04. The van der Waals surface area contributed by atoms with Crippen LogP contribution in [0.2, 0.25) is 0 Å². The summed E-state index contributed by atoms with van der Waals surface area (Å²) in [5.41, 5.74) is 23.9. The van der Waals surface area contributed by atoms with E-state index in [-0.39, 0.29) is 18.3 Å². The van der Waals surface area contributed by atoms with Crippen molar-refractivity contribution in [1.29, 1.82) is 0 Å². The van der Waals surface area contributed by atoms with Crippen molar-refractivity contribution in [3.05, 3.63) is 36.0 Å². The van der Waals surface area contributed by atoms with Crippen LogP contribution >= 0.6 is 0 Å². The van der Waals surface area contributed by atoms with Gasteiger partial charge < -0.3 is 38.6 Å². The smallest absolute Gasteiger partial charge is 0.243 e. The highest BCUT2D eigenvalue weighted by molar-refractivity contribution is 5.93. The summed E-state index contributed by atoms with van der Waals surface area (Å²) in [6, 6.07) is 5.03. The van der Waals surface area contributed by atoms with Crippen LogP contribution in [0.1, 0.15) is 38.7 Å². The molecule has 2 aromatic rings. The molecule has 0 aliphatic rings. The van der Waals surface area contributed by atoms with E-state index >= 15 is 0 Å². The fourth-order valence-electron chi connectivity index (χ4n) is 3.65. The van der Waals surface area contributed by atoms with Crippen molar-refractivity contribution in [2.45, 2.75) is 57.7 Å². The highest BCUT2D eigenvalue weighted by atomic mass is 16.2. The molecule has 11 N–H and O–H groups in total. The lowest BCUT2D eigenvalue weighted by Crippen LogP contribution is -2.56. The summed E-state index contributed by atoms with van der Waals surface area (Å²) in [5, 5.41) is 6.36. The van der Waals surface area contributed by atoms with E-state index in [2.05, 4.69) is 20.6 Å². The normalized spacial score (nSPS) is 13.8. The van der Waals surface area contributed by atoms with Crippen LogP contribution < -0.4 is 33.6 Å². The second kappa shape index (κ2) is 12.6. The lowest BCUT2D eigenvalue weighted by molar-refractivity contribution is -0.132. The number of carbonyl (C=O) groups excluding carboxylic acids is 3. The molecule has 0 saturated carbocycles. The Bertz CT molecular complexity index is 1010. The van der Waals surface area contributed by atoms with E-state index in [1.165, 1.54) is 0 Å². The van der Waals surface area contributed by atoms with Crippen LogP contribution in [0.5, 0.6) is 0 Å². The van der Waals surface area contributed by atoms with E-state index in [0.717, 1.165) is 16.5 Å². The molecule has 1 heterocycles. The van der Waals surface area contributed by atoms with Gasteiger partial charge in [-0.05, 0) is 36.8 Å². The number of fused-ring (bicyclic) bond motifs is 1. The standard InChI is InChI=1S/C23H36N8O3/c1-13(2)10-19(31-21(33)16(24)7-5-9-28-23(26)27)22(34)30-18(20(25)32)11-14-12-29-17-8-4-3-6-15(14)17/h3-4,6,8,12-13,16,18-19,29H,5,7,9-11,24H2,1-2H3,(H2,25,32)(H,30,34)(H,31,33)(H4,26,27,28)/t16-,18-,19-/m0/s1. The molecule has 0 saturated heterocycles. The third-order valence-corrected chi connectivity index (χ3v) is 5.40. The molecule has 3 amide bonds. The Hall–Kier alpha value is -3.60. The maximum Gasteiger partial charge on any atom is 0.243 e. The van der Waals surface area contributed by atoms with E-state index in [9.17, 15) is 14.4 Å². The number of aromatic nitrogens is 1. The van der Waals surface area contributed by atoms with Crippen molar-refractivity contribution < 1.29 is 14.4 Å². The van der Waals surface area contributed by atoms with Gasteiger partial charge in [-0.25, -0.2) is 0 Å². The first-order chi connectivity index (χ1) is 16.1. The fraction of sp³-hybridized carbons (Fsp3) is 0.478. The molecule has 0 spiro atoms. The van der Waals surface area contributed by atoms with Crippen LogP contribution in [-0.2, 0) is 20.8 Å². The van der Waals surface area contributed by atoms with E-state index < -0.39 is 35.8 Å². The van der Waals surface area contributed by atoms with Gasteiger partial charge in [-0.15, -0.1) is 0 Å². The van der Waals surface area contributed by atoms with Gasteiger partial charge in [0.2, 0.25) is 17.7 Å². The summed E-state index contributed by atoms with van der Waals surface area (Å²) in [6.45, 7) is 4.21. The number of hydrogen-bond acceptors (Lipinski definition) is 5. The second-order valence-electron chi connectivity index (χ2n) is 8.77. The van der Waals surface area contributed by atoms with Crippen LogP contribution in [0.15, 0.2) is 35.5 Å². The van der Waals surface area contributed by atoms with Gasteiger partial charge in [0.15, 0.2) is 5.96 Å². The summed E-state index contributed by atoms with van der Waals surface area (Å²) in [6.07, 6.45) is 3.25. The predicted molar refractivity (Wildman–Crippen MR) is 132 cm³/mol. The van der Waals surface area contributed by atoms with E-state index in [0.29, 0.717) is 25.8 Å². The molecule has 1 aromatic heterocycles. The van der Waals surface area contributed by atoms with Gasteiger partial charge in [0.05, 0.1) is 6.04 Å². The molecule has 3 atom stereocenters. The van der Waals surface area contributed by atoms with Gasteiger partial charge in [0.1, 0.15) is 12.1 Å². The fourth-order valence-corrected chi connectivity index (χ4v) is 3.65. The first kappa shape index (κ1) is 26.7. The van der Waals surface area contributed by atoms with E-state index in [1.807, 2.05) is 38.1 Å². The molecule has 0 fully saturated rings. The molecule has 0 aliphatic heterocycles. The lowest BCUT2D eigenvalue weighted by Gasteiger charge is -2.24. The van der Waals surface area contributed by atoms with Crippen LogP contribution in [0.3, 0.4) is 0 Å². The number of guanidine groups is 1.